The van der Waals surface area contributed by atoms with E-state index < -0.39 is 120 Å². The van der Waals surface area contributed by atoms with Gasteiger partial charge in [0.1, 0.15) is 42.0 Å². The zero-order valence-electron chi connectivity index (χ0n) is 42.6. The van der Waals surface area contributed by atoms with Crippen molar-refractivity contribution in [2.75, 3.05) is 19.6 Å². The van der Waals surface area contributed by atoms with E-state index in [-0.39, 0.29) is 88.5 Å². The predicted octanol–water partition coefficient (Wildman–Crippen LogP) is -2.60. The minimum atomic E-state index is -1.82. The number of nitrogens with zero attached hydrogens (tertiary/aromatic N) is 1. The highest BCUT2D eigenvalue weighted by molar-refractivity contribution is 5.99. The third-order valence-electron chi connectivity index (χ3n) is 12.2. The summed E-state index contributed by atoms with van der Waals surface area (Å²) in [5, 5.41) is 61.9. The summed E-state index contributed by atoms with van der Waals surface area (Å²) >= 11 is 0. The lowest BCUT2D eigenvalue weighted by Crippen LogP contribution is -2.60. The Bertz CT molecular complexity index is 2690. The van der Waals surface area contributed by atoms with Gasteiger partial charge in [-0.05, 0) is 74.3 Å². The first-order valence-electron chi connectivity index (χ1n) is 24.9. The van der Waals surface area contributed by atoms with Crippen LogP contribution in [0.5, 0.6) is 0 Å². The van der Waals surface area contributed by atoms with E-state index in [1.807, 2.05) is 24.3 Å². The second-order valence-electron chi connectivity index (χ2n) is 18.4. The monoisotopic (exact) mass is 1070 g/mol. The normalized spacial score (nSPS) is 20.7. The molecule has 7 atom stereocenters. The van der Waals surface area contributed by atoms with E-state index in [0.29, 0.717) is 11.1 Å². The van der Waals surface area contributed by atoms with E-state index in [1.54, 1.807) is 12.3 Å². The summed E-state index contributed by atoms with van der Waals surface area (Å²) in [6.45, 7) is 4.99. The topological polar surface area (TPSA) is 459 Å². The number of primary amides is 1. The fourth-order valence-electron chi connectivity index (χ4n) is 8.26. The zero-order chi connectivity index (χ0) is 56.6. The molecule has 1 aliphatic rings. The van der Waals surface area contributed by atoms with Gasteiger partial charge >= 0.3 is 0 Å². The molecule has 4 rings (SSSR count). The number of hydrogen-bond donors (Lipinski definition) is 17. The third-order valence-corrected chi connectivity index (χ3v) is 12.2. The van der Waals surface area contributed by atoms with E-state index in [2.05, 4.69) is 64.7 Å². The Hall–Kier alpha value is -9.22. The number of carbonyl (C=O) groups is 9. The molecule has 1 saturated heterocycles. The molecule has 1 aromatic heterocycles. The maximum atomic E-state index is 14.6. The number of nitrogens with one attached hydrogen (secondary N) is 13. The van der Waals surface area contributed by atoms with Gasteiger partial charge in [-0.25, -0.2) is 0 Å². The molecule has 77 heavy (non-hydrogen) atoms. The highest BCUT2D eigenvalue weighted by Crippen LogP contribution is 2.20. The van der Waals surface area contributed by atoms with Crippen LogP contribution in [0, 0.1) is 22.1 Å². The number of aromatic nitrogens is 1. The van der Waals surface area contributed by atoms with Crippen LogP contribution >= 0.6 is 0 Å². The number of guanidine groups is 2. The minimum Gasteiger partial charge on any atom is -0.511 e. The van der Waals surface area contributed by atoms with Crippen LogP contribution in [0.3, 0.4) is 0 Å². The van der Waals surface area contributed by atoms with Gasteiger partial charge < -0.3 is 80.5 Å². The number of aliphatic hydroxyl groups excluding tert-OH is 1. The molecule has 414 valence electrons. The van der Waals surface area contributed by atoms with Crippen molar-refractivity contribution in [2.45, 2.75) is 120 Å². The molecule has 0 aliphatic carbocycles. The molecule has 1 aliphatic heterocycles. The van der Waals surface area contributed by atoms with Gasteiger partial charge in [-0.3, -0.25) is 54.0 Å². The van der Waals surface area contributed by atoms with Gasteiger partial charge in [0.05, 0.1) is 24.1 Å². The van der Waals surface area contributed by atoms with E-state index >= 15 is 0 Å². The average molecular weight is 1070 g/mol. The van der Waals surface area contributed by atoms with Crippen LogP contribution in [0.4, 0.5) is 0 Å². The molecule has 27 heteroatoms. The number of nitrogens with two attached hydrogens (primary N) is 3. The van der Waals surface area contributed by atoms with Gasteiger partial charge in [0, 0.05) is 62.9 Å². The lowest BCUT2D eigenvalue weighted by molar-refractivity contribution is -0.136. The number of aliphatic hydroxyl groups is 1. The fraction of sp³-hybridized carbons (Fsp3) is 0.440. The van der Waals surface area contributed by atoms with Crippen molar-refractivity contribution in [1.29, 1.82) is 16.1 Å². The Morgan fingerprint density at radius 1 is 0.792 bits per heavy atom. The molecule has 0 saturated carbocycles. The summed E-state index contributed by atoms with van der Waals surface area (Å²) in [5.74, 6) is -9.04. The quantitative estimate of drug-likeness (QED) is 0.0269. The standard InChI is InChI=1S/C50H69N17O10/c1-27(68)33-10-5-19-57-42(71)18-17-37(64-43(72)35(61-28(2)69)11-6-20-58-49(53)54)45(74)67-40(24-41(52)70)48(77)65-38(22-29-13-15-30(25-51)16-14-29)46(75)63-36(12-7-21-59-50(55)56)44(73)66-39(47(76)62-33)23-31-26-60-34-9-4-3-8-32(31)34/h3-4,8-9,13-16,26,33,35-40,60,68H,1,5-7,10-12,17-24H2,2H3,(H2,52,70)(H,57,71)(H,61,69)(H,62,76)(H,63,75)(H,64,72)(H,65,77)(H,66,73)(H,67,74)(H4,53,54,58)(H4,55,56,59)/t33?,35-,36-,37-,38+,39-,40-/m0/s1. The van der Waals surface area contributed by atoms with Crippen LogP contribution < -0.4 is 70.4 Å². The van der Waals surface area contributed by atoms with Crippen LogP contribution in [0.1, 0.15) is 81.4 Å². The van der Waals surface area contributed by atoms with Crippen molar-refractivity contribution in [3.05, 3.63) is 83.8 Å². The molecule has 1 fully saturated rings. The number of hydrogen-bond acceptors (Lipinski definition) is 13. The summed E-state index contributed by atoms with van der Waals surface area (Å²) in [6.07, 6.45) is 0.0688. The first kappa shape index (κ1) is 60.3. The number of carbonyl (C=O) groups excluding carboxylic acids is 9. The number of aromatic amines is 1. The summed E-state index contributed by atoms with van der Waals surface area (Å²) in [4.78, 5) is 127. The summed E-state index contributed by atoms with van der Waals surface area (Å²) in [6, 6.07) is 5.07. The van der Waals surface area contributed by atoms with Gasteiger partial charge in [0.25, 0.3) is 0 Å². The predicted molar refractivity (Wildman–Crippen MR) is 281 cm³/mol. The maximum Gasteiger partial charge on any atom is 0.243 e. The number of amides is 9. The SMILES string of the molecule is C=C(O)C1CCCNC(=O)CC[C@H](NC(=O)[C@H](CCCNC(=N)N)NC(C)=O)C(=O)N[C@@H](CC(N)=O)C(=O)N[C@H](Cc2ccc(C#N)cc2)C(=O)N[C@@H](CCCNC(=N)N)C(=O)N[C@@H](Cc2c[nH]c3ccccc23)C(=O)N1. The van der Waals surface area contributed by atoms with Crippen molar-refractivity contribution < 1.29 is 48.3 Å². The molecule has 2 heterocycles. The fourth-order valence-corrected chi connectivity index (χ4v) is 8.26. The molecular formula is C50H69N17O10. The van der Waals surface area contributed by atoms with Gasteiger partial charge in [-0.1, -0.05) is 36.9 Å². The van der Waals surface area contributed by atoms with Crippen molar-refractivity contribution in [1.82, 2.24) is 58.2 Å². The maximum absolute atomic E-state index is 14.6. The lowest BCUT2D eigenvalue weighted by Gasteiger charge is -2.28. The number of nitriles is 1. The van der Waals surface area contributed by atoms with Crippen LogP contribution in [-0.2, 0) is 56.0 Å². The second kappa shape index (κ2) is 30.2. The number of rotatable bonds is 18. The molecule has 0 bridgehead atoms. The lowest BCUT2D eigenvalue weighted by atomic mass is 10.0. The summed E-state index contributed by atoms with van der Waals surface area (Å²) < 4.78 is 0. The largest absolute Gasteiger partial charge is 0.511 e. The smallest absolute Gasteiger partial charge is 0.243 e. The molecule has 20 N–H and O–H groups in total. The molecule has 27 nitrogen and oxygen atoms in total. The molecule has 1 unspecified atom stereocenters. The van der Waals surface area contributed by atoms with E-state index in [4.69, 9.17) is 28.0 Å². The Labute approximate surface area is 443 Å². The molecule has 2 aromatic carbocycles. The highest BCUT2D eigenvalue weighted by atomic mass is 16.3. The van der Waals surface area contributed by atoms with Gasteiger partial charge in [0.2, 0.25) is 53.2 Å². The summed E-state index contributed by atoms with van der Waals surface area (Å²) in [5.41, 5.74) is 18.5. The highest BCUT2D eigenvalue weighted by Gasteiger charge is 2.35. The first-order valence-corrected chi connectivity index (χ1v) is 24.9. The summed E-state index contributed by atoms with van der Waals surface area (Å²) in [7, 11) is 0. The molecule has 3 aromatic rings. The number of para-hydroxylation sites is 1. The van der Waals surface area contributed by atoms with Gasteiger partial charge in [0.15, 0.2) is 11.9 Å². The Morgan fingerprint density at radius 2 is 1.39 bits per heavy atom. The first-order chi connectivity index (χ1) is 36.6. The van der Waals surface area contributed by atoms with Crippen LogP contribution in [0.2, 0.25) is 0 Å². The molecule has 0 spiro atoms. The van der Waals surface area contributed by atoms with Crippen LogP contribution in [0.25, 0.3) is 10.9 Å². The van der Waals surface area contributed by atoms with Crippen LogP contribution in [0.15, 0.2) is 67.1 Å². The van der Waals surface area contributed by atoms with Gasteiger partial charge in [-0.2, -0.15) is 5.26 Å². The molecule has 9 amide bonds. The average Bonchev–Trinajstić information content (AvgIpc) is 3.78. The second-order valence-corrected chi connectivity index (χ2v) is 18.4. The van der Waals surface area contributed by atoms with Crippen molar-refractivity contribution in [3.8, 4) is 6.07 Å². The number of benzene rings is 2. The zero-order valence-corrected chi connectivity index (χ0v) is 42.6. The van der Waals surface area contributed by atoms with Crippen molar-refractivity contribution >= 4 is 76.0 Å². The minimum absolute atomic E-state index is 0.000195. The van der Waals surface area contributed by atoms with Gasteiger partial charge in [-0.15, -0.1) is 0 Å². The van der Waals surface area contributed by atoms with Crippen LogP contribution in [-0.4, -0.2) is 137 Å². The number of fused-ring (bicyclic) bond motifs is 1. The third kappa shape index (κ3) is 20.5. The Kier molecular flexibility index (Phi) is 23.7. The van der Waals surface area contributed by atoms with E-state index in [0.717, 1.165) is 17.8 Å². The van der Waals surface area contributed by atoms with Crippen molar-refractivity contribution in [2.24, 2.45) is 17.2 Å². The van der Waals surface area contributed by atoms with Crippen molar-refractivity contribution in [3.63, 3.8) is 0 Å². The Balaban J connectivity index is 1.79. The van der Waals surface area contributed by atoms with E-state index in [1.165, 1.54) is 24.3 Å². The Morgan fingerprint density at radius 3 is 2.03 bits per heavy atom. The van der Waals surface area contributed by atoms with E-state index in [9.17, 15) is 53.5 Å². The number of H-pyrrole nitrogens is 1. The molecule has 0 radical (unpaired) electrons. The molecular weight excluding hydrogens is 999 g/mol.